The molecule has 0 radical (unpaired) electrons. The Morgan fingerprint density at radius 1 is 1.24 bits per heavy atom. The van der Waals surface area contributed by atoms with E-state index in [-0.39, 0.29) is 11.5 Å². The van der Waals surface area contributed by atoms with Gasteiger partial charge in [-0.05, 0) is 41.9 Å². The molecule has 0 spiro atoms. The van der Waals surface area contributed by atoms with Crippen molar-refractivity contribution in [2.75, 3.05) is 5.32 Å². The number of nitrogens with one attached hydrogen (secondary N) is 1. The average molecular weight is 228 g/mol. The van der Waals surface area contributed by atoms with Gasteiger partial charge in [0.2, 0.25) is 0 Å². The summed E-state index contributed by atoms with van der Waals surface area (Å²) in [5.41, 5.74) is 2.56. The van der Waals surface area contributed by atoms with Crippen molar-refractivity contribution < 1.29 is 0 Å². The fourth-order valence-electron chi connectivity index (χ4n) is 1.93. The number of hydrogen-bond donors (Lipinski definition) is 1. The van der Waals surface area contributed by atoms with Gasteiger partial charge in [0.25, 0.3) is 0 Å². The van der Waals surface area contributed by atoms with Crippen molar-refractivity contribution in [3.63, 3.8) is 0 Å². The molecule has 1 aromatic carbocycles. The average Bonchev–Trinajstić information content (AvgIpc) is 3.09. The Hall–Kier alpha value is -1.49. The summed E-state index contributed by atoms with van der Waals surface area (Å²) in [5, 5.41) is 12.4. The summed E-state index contributed by atoms with van der Waals surface area (Å²) in [7, 11) is 0. The van der Waals surface area contributed by atoms with E-state index in [0.29, 0.717) is 5.92 Å². The molecule has 1 aromatic rings. The molecule has 2 nitrogen and oxygen atoms in total. The van der Waals surface area contributed by atoms with Gasteiger partial charge in [-0.2, -0.15) is 5.26 Å². The van der Waals surface area contributed by atoms with E-state index in [0.717, 1.165) is 5.69 Å². The van der Waals surface area contributed by atoms with Crippen LogP contribution in [0.1, 0.15) is 39.2 Å². The van der Waals surface area contributed by atoms with E-state index in [1.165, 1.54) is 18.4 Å². The summed E-state index contributed by atoms with van der Waals surface area (Å²) in [4.78, 5) is 0. The summed E-state index contributed by atoms with van der Waals surface area (Å²) in [6.07, 6.45) is 2.37. The van der Waals surface area contributed by atoms with Gasteiger partial charge in [0.1, 0.15) is 6.04 Å². The third kappa shape index (κ3) is 3.00. The van der Waals surface area contributed by atoms with Crippen LogP contribution in [-0.4, -0.2) is 6.04 Å². The fourth-order valence-corrected chi connectivity index (χ4v) is 1.93. The molecule has 1 fully saturated rings. The quantitative estimate of drug-likeness (QED) is 0.856. The van der Waals surface area contributed by atoms with Gasteiger partial charge in [0.15, 0.2) is 0 Å². The number of anilines is 1. The molecule has 0 heterocycles. The lowest BCUT2D eigenvalue weighted by Crippen LogP contribution is -2.19. The maximum Gasteiger partial charge on any atom is 0.117 e. The molecule has 2 heteroatoms. The van der Waals surface area contributed by atoms with E-state index in [2.05, 4.69) is 56.4 Å². The first-order valence-electron chi connectivity index (χ1n) is 6.27. The zero-order chi connectivity index (χ0) is 12.5. The van der Waals surface area contributed by atoms with Crippen molar-refractivity contribution in [1.29, 1.82) is 5.26 Å². The van der Waals surface area contributed by atoms with E-state index >= 15 is 0 Å². The highest BCUT2D eigenvalue weighted by atomic mass is 14.9. The van der Waals surface area contributed by atoms with Crippen LogP contribution in [0.25, 0.3) is 0 Å². The molecule has 0 amide bonds. The maximum absolute atomic E-state index is 9.07. The molecular formula is C15H20N2. The predicted octanol–water partition coefficient (Wildman–Crippen LogP) is 3.70. The molecule has 0 aliphatic heterocycles. The molecule has 17 heavy (non-hydrogen) atoms. The van der Waals surface area contributed by atoms with Gasteiger partial charge in [0, 0.05) is 5.69 Å². The monoisotopic (exact) mass is 228 g/mol. The van der Waals surface area contributed by atoms with E-state index in [9.17, 15) is 0 Å². The second-order valence-electron chi connectivity index (χ2n) is 5.92. The lowest BCUT2D eigenvalue weighted by molar-refractivity contribution is 0.590. The van der Waals surface area contributed by atoms with Gasteiger partial charge in [-0.1, -0.05) is 32.9 Å². The van der Waals surface area contributed by atoms with Crippen LogP contribution < -0.4 is 5.32 Å². The fraction of sp³-hybridized carbons (Fsp3) is 0.533. The van der Waals surface area contributed by atoms with Crippen molar-refractivity contribution in [3.05, 3.63) is 29.8 Å². The van der Waals surface area contributed by atoms with Crippen molar-refractivity contribution in [3.8, 4) is 6.07 Å². The van der Waals surface area contributed by atoms with Crippen molar-refractivity contribution in [2.45, 2.75) is 45.1 Å². The molecule has 1 aliphatic carbocycles. The minimum atomic E-state index is -0.0181. The molecule has 0 bridgehead atoms. The highest BCUT2D eigenvalue weighted by Gasteiger charge is 2.31. The number of hydrogen-bond acceptors (Lipinski definition) is 2. The van der Waals surface area contributed by atoms with Crippen LogP contribution in [0.15, 0.2) is 24.3 Å². The van der Waals surface area contributed by atoms with Gasteiger partial charge >= 0.3 is 0 Å². The van der Waals surface area contributed by atoms with E-state index in [1.54, 1.807) is 0 Å². The summed E-state index contributed by atoms with van der Waals surface area (Å²) in [6, 6.07) is 10.8. The van der Waals surface area contributed by atoms with Crippen molar-refractivity contribution in [2.24, 2.45) is 5.92 Å². The topological polar surface area (TPSA) is 35.8 Å². The smallest absolute Gasteiger partial charge is 0.117 e. The molecule has 90 valence electrons. The third-order valence-corrected chi connectivity index (χ3v) is 3.31. The standard InChI is InChI=1S/C15H20N2/c1-15(2,3)12-6-8-13(9-7-12)17-14(10-16)11-4-5-11/h6-9,11,14,17H,4-5H2,1-3H3. The Morgan fingerprint density at radius 3 is 2.24 bits per heavy atom. The Balaban J connectivity index is 2.05. The number of benzene rings is 1. The highest BCUT2D eigenvalue weighted by Crippen LogP contribution is 2.34. The van der Waals surface area contributed by atoms with Crippen LogP contribution in [0.2, 0.25) is 0 Å². The number of nitrogens with zero attached hydrogens (tertiary/aromatic N) is 1. The lowest BCUT2D eigenvalue weighted by Gasteiger charge is -2.20. The molecule has 0 aromatic heterocycles. The predicted molar refractivity (Wildman–Crippen MR) is 70.9 cm³/mol. The summed E-state index contributed by atoms with van der Waals surface area (Å²) in [5.74, 6) is 0.558. The molecule has 1 N–H and O–H groups in total. The Kier molecular flexibility index (Phi) is 3.11. The number of nitriles is 1. The van der Waals surface area contributed by atoms with Gasteiger partial charge in [0.05, 0.1) is 6.07 Å². The molecule has 2 rings (SSSR count). The first kappa shape index (κ1) is 12.0. The Labute approximate surface area is 104 Å². The Morgan fingerprint density at radius 2 is 1.82 bits per heavy atom. The van der Waals surface area contributed by atoms with Crippen LogP contribution >= 0.6 is 0 Å². The normalized spacial score (nSPS) is 17.3. The molecule has 0 saturated heterocycles. The first-order valence-corrected chi connectivity index (χ1v) is 6.27. The van der Waals surface area contributed by atoms with E-state index < -0.39 is 0 Å². The molecule has 1 atom stereocenters. The van der Waals surface area contributed by atoms with Crippen LogP contribution in [0.5, 0.6) is 0 Å². The van der Waals surface area contributed by atoms with Gasteiger partial charge in [-0.15, -0.1) is 0 Å². The molecular weight excluding hydrogens is 208 g/mol. The summed E-state index contributed by atoms with van der Waals surface area (Å²) in [6.45, 7) is 6.62. The largest absolute Gasteiger partial charge is 0.370 e. The zero-order valence-corrected chi connectivity index (χ0v) is 10.8. The second kappa shape index (κ2) is 4.41. The first-order chi connectivity index (χ1) is 8.00. The van der Waals surface area contributed by atoms with Crippen LogP contribution in [-0.2, 0) is 5.41 Å². The van der Waals surface area contributed by atoms with Crippen LogP contribution in [0, 0.1) is 17.2 Å². The van der Waals surface area contributed by atoms with E-state index in [1.807, 2.05) is 0 Å². The van der Waals surface area contributed by atoms with Crippen LogP contribution in [0.4, 0.5) is 5.69 Å². The van der Waals surface area contributed by atoms with Crippen LogP contribution in [0.3, 0.4) is 0 Å². The second-order valence-corrected chi connectivity index (χ2v) is 5.92. The molecule has 1 unspecified atom stereocenters. The molecule has 1 saturated carbocycles. The Bertz CT molecular complexity index is 416. The minimum Gasteiger partial charge on any atom is -0.370 e. The van der Waals surface area contributed by atoms with Crippen molar-refractivity contribution in [1.82, 2.24) is 0 Å². The summed E-state index contributed by atoms with van der Waals surface area (Å²) < 4.78 is 0. The zero-order valence-electron chi connectivity index (χ0n) is 10.8. The SMILES string of the molecule is CC(C)(C)c1ccc(NC(C#N)C2CC2)cc1. The lowest BCUT2D eigenvalue weighted by atomic mass is 9.87. The summed E-state index contributed by atoms with van der Waals surface area (Å²) >= 11 is 0. The third-order valence-electron chi connectivity index (χ3n) is 3.31. The van der Waals surface area contributed by atoms with Gasteiger partial charge in [-0.25, -0.2) is 0 Å². The number of rotatable bonds is 3. The highest BCUT2D eigenvalue weighted by molar-refractivity contribution is 5.48. The maximum atomic E-state index is 9.07. The van der Waals surface area contributed by atoms with Gasteiger partial charge < -0.3 is 5.32 Å². The minimum absolute atomic E-state index is 0.0181. The molecule has 1 aliphatic rings. The van der Waals surface area contributed by atoms with Crippen molar-refractivity contribution >= 4 is 5.69 Å². The van der Waals surface area contributed by atoms with Gasteiger partial charge in [-0.3, -0.25) is 0 Å². The van der Waals surface area contributed by atoms with E-state index in [4.69, 9.17) is 5.26 Å².